The number of benzene rings is 2. The van der Waals surface area contributed by atoms with E-state index in [-0.39, 0.29) is 24.7 Å². The van der Waals surface area contributed by atoms with Crippen LogP contribution in [0.3, 0.4) is 0 Å². The molecular formula is C21H23NO5. The van der Waals surface area contributed by atoms with Gasteiger partial charge in [-0.15, -0.1) is 0 Å². The number of ether oxygens (including phenoxy) is 2. The molecule has 0 aliphatic carbocycles. The zero-order valence-corrected chi connectivity index (χ0v) is 15.1. The van der Waals surface area contributed by atoms with Crippen molar-refractivity contribution >= 4 is 11.8 Å². The summed E-state index contributed by atoms with van der Waals surface area (Å²) < 4.78 is 11.7. The van der Waals surface area contributed by atoms with Crippen LogP contribution in [0.2, 0.25) is 0 Å². The van der Waals surface area contributed by atoms with Gasteiger partial charge in [0.2, 0.25) is 0 Å². The molecule has 0 aromatic heterocycles. The molecule has 1 fully saturated rings. The topological polar surface area (TPSA) is 65.1 Å². The van der Waals surface area contributed by atoms with E-state index in [1.807, 2.05) is 54.6 Å². The van der Waals surface area contributed by atoms with E-state index in [9.17, 15) is 9.59 Å². The summed E-state index contributed by atoms with van der Waals surface area (Å²) in [7, 11) is 0. The first-order chi connectivity index (χ1) is 13.2. The van der Waals surface area contributed by atoms with Crippen molar-refractivity contribution in [2.75, 3.05) is 13.2 Å². The lowest BCUT2D eigenvalue weighted by molar-refractivity contribution is -0.187. The van der Waals surface area contributed by atoms with Crippen LogP contribution >= 0.6 is 0 Å². The van der Waals surface area contributed by atoms with Gasteiger partial charge in [0, 0.05) is 12.8 Å². The molecule has 0 spiro atoms. The van der Waals surface area contributed by atoms with Crippen molar-refractivity contribution in [2.45, 2.75) is 32.3 Å². The van der Waals surface area contributed by atoms with E-state index in [1.54, 1.807) is 0 Å². The Balaban J connectivity index is 1.38. The van der Waals surface area contributed by atoms with Gasteiger partial charge in [0.05, 0.1) is 13.2 Å². The number of nitrogens with zero attached hydrogens (tertiary/aromatic N) is 1. The third kappa shape index (κ3) is 5.56. The van der Waals surface area contributed by atoms with Gasteiger partial charge >= 0.3 is 0 Å². The van der Waals surface area contributed by atoms with Crippen LogP contribution in [-0.2, 0) is 21.0 Å². The van der Waals surface area contributed by atoms with Crippen molar-refractivity contribution in [2.24, 2.45) is 0 Å². The highest BCUT2D eigenvalue weighted by Gasteiger charge is 2.29. The molecule has 0 N–H and O–H groups in total. The van der Waals surface area contributed by atoms with E-state index < -0.39 is 0 Å². The van der Waals surface area contributed by atoms with Crippen LogP contribution in [0.5, 0.6) is 11.5 Å². The molecule has 6 nitrogen and oxygen atoms in total. The number of hydrogen-bond acceptors (Lipinski definition) is 5. The fourth-order valence-electron chi connectivity index (χ4n) is 2.67. The Kier molecular flexibility index (Phi) is 6.82. The molecule has 0 bridgehead atoms. The third-order valence-corrected chi connectivity index (χ3v) is 4.11. The summed E-state index contributed by atoms with van der Waals surface area (Å²) >= 11 is 0. The van der Waals surface area contributed by atoms with Crippen molar-refractivity contribution in [3.63, 3.8) is 0 Å². The maximum atomic E-state index is 11.4. The minimum atomic E-state index is -0.263. The number of imide groups is 1. The number of hydrogen-bond donors (Lipinski definition) is 0. The van der Waals surface area contributed by atoms with Crippen molar-refractivity contribution < 1.29 is 23.9 Å². The Hall–Kier alpha value is -2.86. The highest BCUT2D eigenvalue weighted by Crippen LogP contribution is 2.27. The molecule has 2 aromatic rings. The quantitative estimate of drug-likeness (QED) is 0.474. The zero-order valence-electron chi connectivity index (χ0n) is 15.1. The largest absolute Gasteiger partial charge is 0.490 e. The molecule has 3 rings (SSSR count). The maximum Gasteiger partial charge on any atom is 0.253 e. The van der Waals surface area contributed by atoms with Crippen LogP contribution in [0.25, 0.3) is 0 Å². The smallest absolute Gasteiger partial charge is 0.253 e. The monoisotopic (exact) mass is 369 g/mol. The van der Waals surface area contributed by atoms with E-state index in [2.05, 4.69) is 0 Å². The first kappa shape index (κ1) is 18.9. The van der Waals surface area contributed by atoms with Crippen LogP contribution in [0.15, 0.2) is 54.6 Å². The lowest BCUT2D eigenvalue weighted by Gasteiger charge is -2.14. The zero-order chi connectivity index (χ0) is 18.9. The summed E-state index contributed by atoms with van der Waals surface area (Å²) in [5.74, 6) is 0.867. The highest BCUT2D eigenvalue weighted by atomic mass is 16.7. The fraction of sp³-hybridized carbons (Fsp3) is 0.333. The molecule has 1 aliphatic heterocycles. The van der Waals surface area contributed by atoms with Gasteiger partial charge in [-0.05, 0) is 30.5 Å². The van der Waals surface area contributed by atoms with E-state index in [4.69, 9.17) is 14.3 Å². The molecule has 27 heavy (non-hydrogen) atoms. The third-order valence-electron chi connectivity index (χ3n) is 4.11. The average Bonchev–Trinajstić information content (AvgIpc) is 3.02. The molecule has 1 saturated heterocycles. The van der Waals surface area contributed by atoms with Crippen LogP contribution in [0, 0.1) is 0 Å². The summed E-state index contributed by atoms with van der Waals surface area (Å²) in [5, 5.41) is 0.883. The fourth-order valence-corrected chi connectivity index (χ4v) is 2.67. The van der Waals surface area contributed by atoms with Gasteiger partial charge in [-0.1, -0.05) is 42.5 Å². The van der Waals surface area contributed by atoms with Crippen molar-refractivity contribution in [3.8, 4) is 11.5 Å². The predicted octanol–water partition coefficient (Wildman–Crippen LogP) is 3.51. The molecule has 1 aliphatic rings. The molecule has 6 heteroatoms. The standard InChI is InChI=1S/C21H23NO5/c23-20-12-13-21(24)22(20)27-15-7-6-14-25-18-10-4-5-11-19(18)26-16-17-8-2-1-3-9-17/h1-5,8-11H,6-7,12-16H2. The minimum absolute atomic E-state index is 0.238. The first-order valence-electron chi connectivity index (χ1n) is 9.11. The summed E-state index contributed by atoms with van der Waals surface area (Å²) in [6.07, 6.45) is 1.90. The van der Waals surface area contributed by atoms with Gasteiger partial charge in [0.1, 0.15) is 6.61 Å². The number of amides is 2. The average molecular weight is 369 g/mol. The predicted molar refractivity (Wildman–Crippen MR) is 99.0 cm³/mol. The van der Waals surface area contributed by atoms with Crippen molar-refractivity contribution in [1.82, 2.24) is 5.06 Å². The molecular weight excluding hydrogens is 346 g/mol. The Morgan fingerprint density at radius 2 is 1.33 bits per heavy atom. The van der Waals surface area contributed by atoms with Gasteiger partial charge in [0.25, 0.3) is 11.8 Å². The molecule has 0 unspecified atom stereocenters. The molecule has 1 heterocycles. The van der Waals surface area contributed by atoms with Gasteiger partial charge < -0.3 is 9.47 Å². The summed E-state index contributed by atoms with van der Waals surface area (Å²) in [6, 6.07) is 17.5. The van der Waals surface area contributed by atoms with E-state index in [0.717, 1.165) is 17.0 Å². The second-order valence-corrected chi connectivity index (χ2v) is 6.19. The lowest BCUT2D eigenvalue weighted by Crippen LogP contribution is -2.29. The Labute approximate surface area is 158 Å². The number of rotatable bonds is 10. The van der Waals surface area contributed by atoms with Gasteiger partial charge in [-0.25, -0.2) is 0 Å². The Morgan fingerprint density at radius 1 is 0.741 bits per heavy atom. The van der Waals surface area contributed by atoms with Gasteiger partial charge in [0.15, 0.2) is 11.5 Å². The van der Waals surface area contributed by atoms with Crippen molar-refractivity contribution in [3.05, 3.63) is 60.2 Å². The minimum Gasteiger partial charge on any atom is -0.490 e. The first-order valence-corrected chi connectivity index (χ1v) is 9.11. The van der Waals surface area contributed by atoms with Gasteiger partial charge in [-0.3, -0.25) is 14.4 Å². The number of para-hydroxylation sites is 2. The molecule has 2 aromatic carbocycles. The lowest BCUT2D eigenvalue weighted by atomic mass is 10.2. The summed E-state index contributed by atoms with van der Waals surface area (Å²) in [5.41, 5.74) is 1.09. The molecule has 142 valence electrons. The summed E-state index contributed by atoms with van der Waals surface area (Å²) in [4.78, 5) is 28.1. The van der Waals surface area contributed by atoms with Crippen LogP contribution in [0.1, 0.15) is 31.2 Å². The number of unbranched alkanes of at least 4 members (excludes halogenated alkanes) is 1. The normalized spacial score (nSPS) is 13.9. The molecule has 0 radical (unpaired) electrons. The van der Waals surface area contributed by atoms with E-state index in [0.29, 0.717) is 37.7 Å². The van der Waals surface area contributed by atoms with Crippen LogP contribution < -0.4 is 9.47 Å². The van der Waals surface area contributed by atoms with Crippen LogP contribution in [0.4, 0.5) is 0 Å². The van der Waals surface area contributed by atoms with Crippen molar-refractivity contribution in [1.29, 1.82) is 0 Å². The van der Waals surface area contributed by atoms with Crippen LogP contribution in [-0.4, -0.2) is 30.1 Å². The van der Waals surface area contributed by atoms with E-state index >= 15 is 0 Å². The molecule has 0 atom stereocenters. The maximum absolute atomic E-state index is 11.4. The second kappa shape index (κ2) is 9.73. The molecule has 0 saturated carbocycles. The number of hydroxylamine groups is 2. The van der Waals surface area contributed by atoms with E-state index in [1.165, 1.54) is 0 Å². The SMILES string of the molecule is O=C1CCC(=O)N1OCCCCOc1ccccc1OCc1ccccc1. The highest BCUT2D eigenvalue weighted by molar-refractivity contribution is 6.00. The van der Waals surface area contributed by atoms with Gasteiger partial charge in [-0.2, -0.15) is 5.06 Å². The Morgan fingerprint density at radius 3 is 2.04 bits per heavy atom. The molecule has 2 amide bonds. The number of carbonyl (C=O) groups is 2. The Bertz CT molecular complexity index is 746. The second-order valence-electron chi connectivity index (χ2n) is 6.19. The number of carbonyl (C=O) groups excluding carboxylic acids is 2. The summed E-state index contributed by atoms with van der Waals surface area (Å²) in [6.45, 7) is 1.29.